The summed E-state index contributed by atoms with van der Waals surface area (Å²) in [6, 6.07) is 3.95. The number of H-pyrrole nitrogens is 2. The minimum Gasteiger partial charge on any atom is -0.393 e. The van der Waals surface area contributed by atoms with Crippen molar-refractivity contribution >= 4 is 33.8 Å². The monoisotopic (exact) mass is 397 g/mol. The lowest BCUT2D eigenvalue weighted by atomic mass is 9.87. The molecule has 4 aromatic rings. The van der Waals surface area contributed by atoms with Crippen molar-refractivity contribution in [1.82, 2.24) is 24.5 Å². The zero-order valence-electron chi connectivity index (χ0n) is 15.2. The van der Waals surface area contributed by atoms with Gasteiger partial charge in [0, 0.05) is 41.6 Å². The largest absolute Gasteiger partial charge is 0.393 e. The van der Waals surface area contributed by atoms with Crippen molar-refractivity contribution in [2.45, 2.75) is 38.3 Å². The van der Waals surface area contributed by atoms with Crippen molar-refractivity contribution in [3.8, 4) is 11.1 Å². The van der Waals surface area contributed by atoms with Gasteiger partial charge in [-0.25, -0.2) is 14.8 Å². The number of nitrogens with one attached hydrogen (secondary N) is 2. The summed E-state index contributed by atoms with van der Waals surface area (Å²) < 4.78 is 1.77. The van der Waals surface area contributed by atoms with Crippen LogP contribution in [0.2, 0.25) is 5.02 Å². The molecule has 1 saturated carbocycles. The molecule has 0 radical (unpaired) electrons. The summed E-state index contributed by atoms with van der Waals surface area (Å²) in [5.74, 6) is 0.389. The molecule has 1 aliphatic carbocycles. The van der Waals surface area contributed by atoms with Crippen LogP contribution in [0.15, 0.2) is 35.5 Å². The van der Waals surface area contributed by atoms with Gasteiger partial charge >= 0.3 is 5.69 Å². The second-order valence-corrected chi connectivity index (χ2v) is 7.97. The highest BCUT2D eigenvalue weighted by molar-refractivity contribution is 6.35. The highest BCUT2D eigenvalue weighted by atomic mass is 35.5. The van der Waals surface area contributed by atoms with Crippen LogP contribution < -0.4 is 5.69 Å². The van der Waals surface area contributed by atoms with Crippen LogP contribution >= 0.6 is 11.6 Å². The van der Waals surface area contributed by atoms with Crippen molar-refractivity contribution in [2.75, 3.05) is 0 Å². The minimum absolute atomic E-state index is 0.145. The lowest BCUT2D eigenvalue weighted by molar-refractivity contribution is 0.104. The van der Waals surface area contributed by atoms with Gasteiger partial charge in [0.05, 0.1) is 16.6 Å². The predicted molar refractivity (Wildman–Crippen MR) is 108 cm³/mol. The normalized spacial score (nSPS) is 20.2. The third-order valence-electron chi connectivity index (χ3n) is 5.70. The molecule has 0 aliphatic heterocycles. The molecule has 144 valence electrons. The molecule has 5 rings (SSSR count). The first-order valence-electron chi connectivity index (χ1n) is 9.48. The van der Waals surface area contributed by atoms with E-state index in [-0.39, 0.29) is 11.8 Å². The maximum Gasteiger partial charge on any atom is 0.327 e. The molecule has 8 heteroatoms. The lowest BCUT2D eigenvalue weighted by Gasteiger charge is -2.25. The molecule has 0 amide bonds. The van der Waals surface area contributed by atoms with E-state index < -0.39 is 0 Å². The highest BCUT2D eigenvalue weighted by Gasteiger charge is 2.21. The van der Waals surface area contributed by atoms with E-state index in [1.165, 1.54) is 0 Å². The summed E-state index contributed by atoms with van der Waals surface area (Å²) in [6.45, 7) is 0.637. The molecule has 1 aliphatic rings. The Balaban J connectivity index is 1.54. The van der Waals surface area contributed by atoms with Crippen LogP contribution in [-0.2, 0) is 6.54 Å². The van der Waals surface area contributed by atoms with Crippen LogP contribution in [0.5, 0.6) is 0 Å². The van der Waals surface area contributed by atoms with Gasteiger partial charge in [-0.2, -0.15) is 0 Å². The van der Waals surface area contributed by atoms with Gasteiger partial charge in [0.1, 0.15) is 5.65 Å². The molecule has 0 unspecified atom stereocenters. The number of imidazole rings is 1. The van der Waals surface area contributed by atoms with Gasteiger partial charge in [-0.1, -0.05) is 11.6 Å². The number of fused-ring (bicyclic) bond motifs is 2. The first-order valence-corrected chi connectivity index (χ1v) is 9.86. The smallest absolute Gasteiger partial charge is 0.327 e. The number of pyridine rings is 2. The number of hydrogen-bond acceptors (Lipinski definition) is 4. The topological polar surface area (TPSA) is 99.6 Å². The zero-order valence-corrected chi connectivity index (χ0v) is 15.9. The van der Waals surface area contributed by atoms with Gasteiger partial charge in [-0.3, -0.25) is 9.55 Å². The number of aliphatic hydroxyl groups excluding tert-OH is 1. The average molecular weight is 398 g/mol. The Bertz CT molecular complexity index is 1220. The third-order valence-corrected chi connectivity index (χ3v) is 6.01. The Morgan fingerprint density at radius 3 is 2.61 bits per heavy atom. The van der Waals surface area contributed by atoms with Crippen molar-refractivity contribution in [3.05, 3.63) is 46.2 Å². The zero-order chi connectivity index (χ0) is 19.3. The van der Waals surface area contributed by atoms with Gasteiger partial charge in [0.2, 0.25) is 0 Å². The number of rotatable bonds is 3. The number of halogens is 1. The summed E-state index contributed by atoms with van der Waals surface area (Å²) in [5, 5.41) is 11.2. The first-order chi connectivity index (χ1) is 13.6. The second kappa shape index (κ2) is 6.76. The summed E-state index contributed by atoms with van der Waals surface area (Å²) in [7, 11) is 0. The van der Waals surface area contributed by atoms with Crippen LogP contribution in [-0.4, -0.2) is 35.7 Å². The first kappa shape index (κ1) is 17.5. The van der Waals surface area contributed by atoms with Gasteiger partial charge in [0.15, 0.2) is 5.65 Å². The molecule has 0 aromatic carbocycles. The van der Waals surface area contributed by atoms with Crippen molar-refractivity contribution < 1.29 is 5.11 Å². The highest BCUT2D eigenvalue weighted by Crippen LogP contribution is 2.29. The Labute approximate surface area is 165 Å². The summed E-state index contributed by atoms with van der Waals surface area (Å²) in [4.78, 5) is 27.2. The van der Waals surface area contributed by atoms with E-state index in [1.807, 2.05) is 12.1 Å². The van der Waals surface area contributed by atoms with E-state index in [9.17, 15) is 9.90 Å². The number of aromatic amines is 2. The Kier molecular flexibility index (Phi) is 4.21. The van der Waals surface area contributed by atoms with Crippen molar-refractivity contribution in [2.24, 2.45) is 5.92 Å². The van der Waals surface area contributed by atoms with Gasteiger partial charge in [0.25, 0.3) is 0 Å². The SMILES string of the molecule is O=c1[nH]c2ncc(-c3cnc4[nH]cc(Cl)c4c3)cc2n1CC1CCC(O)CC1. The minimum atomic E-state index is -0.202. The molecule has 1 fully saturated rings. The lowest BCUT2D eigenvalue weighted by Crippen LogP contribution is -2.26. The molecule has 3 N–H and O–H groups in total. The molecule has 4 heterocycles. The van der Waals surface area contributed by atoms with Crippen LogP contribution in [0.1, 0.15) is 25.7 Å². The molecule has 0 atom stereocenters. The van der Waals surface area contributed by atoms with Gasteiger partial charge in [-0.05, 0) is 43.7 Å². The molecule has 0 bridgehead atoms. The molecule has 0 spiro atoms. The van der Waals surface area contributed by atoms with E-state index in [0.717, 1.165) is 53.4 Å². The van der Waals surface area contributed by atoms with E-state index in [0.29, 0.717) is 23.1 Å². The molecular formula is C20H20ClN5O2. The number of nitrogens with zero attached hydrogens (tertiary/aromatic N) is 3. The Hall–Kier alpha value is -2.64. The maximum atomic E-state index is 12.5. The van der Waals surface area contributed by atoms with E-state index in [1.54, 1.807) is 23.2 Å². The molecule has 4 aromatic heterocycles. The molecular weight excluding hydrogens is 378 g/mol. The third kappa shape index (κ3) is 3.00. The quantitative estimate of drug-likeness (QED) is 0.492. The van der Waals surface area contributed by atoms with Crippen LogP contribution in [0.4, 0.5) is 0 Å². The predicted octanol–water partition coefficient (Wildman–Crippen LogP) is 3.47. The average Bonchev–Trinajstić information content (AvgIpc) is 3.23. The fourth-order valence-electron chi connectivity index (χ4n) is 4.09. The van der Waals surface area contributed by atoms with Crippen LogP contribution in [0.25, 0.3) is 33.3 Å². The molecule has 0 saturated heterocycles. The summed E-state index contributed by atoms with van der Waals surface area (Å²) in [6.07, 6.45) is 8.49. The van der Waals surface area contributed by atoms with E-state index >= 15 is 0 Å². The van der Waals surface area contributed by atoms with Crippen LogP contribution in [0, 0.1) is 5.92 Å². The molecule has 7 nitrogen and oxygen atoms in total. The van der Waals surface area contributed by atoms with Crippen molar-refractivity contribution in [3.63, 3.8) is 0 Å². The maximum absolute atomic E-state index is 12.5. The van der Waals surface area contributed by atoms with E-state index in [2.05, 4.69) is 19.9 Å². The van der Waals surface area contributed by atoms with Gasteiger partial charge < -0.3 is 10.1 Å². The number of aliphatic hydroxyl groups is 1. The number of hydrogen-bond donors (Lipinski definition) is 3. The fourth-order valence-corrected chi connectivity index (χ4v) is 4.29. The molecule has 28 heavy (non-hydrogen) atoms. The second-order valence-electron chi connectivity index (χ2n) is 7.56. The van der Waals surface area contributed by atoms with Crippen LogP contribution in [0.3, 0.4) is 0 Å². The fraction of sp³-hybridized carbons (Fsp3) is 0.350. The Morgan fingerprint density at radius 2 is 1.82 bits per heavy atom. The van der Waals surface area contributed by atoms with Crippen molar-refractivity contribution in [1.29, 1.82) is 0 Å². The van der Waals surface area contributed by atoms with E-state index in [4.69, 9.17) is 11.6 Å². The summed E-state index contributed by atoms with van der Waals surface area (Å²) in [5.41, 5.74) is 3.73. The summed E-state index contributed by atoms with van der Waals surface area (Å²) >= 11 is 6.22. The Morgan fingerprint density at radius 1 is 1.11 bits per heavy atom. The van der Waals surface area contributed by atoms with Gasteiger partial charge in [-0.15, -0.1) is 0 Å². The standard InChI is InChI=1S/C20H20ClN5O2/c21-16-9-24-18-15(16)5-12(7-22-18)13-6-17-19(23-8-13)25-20(28)26(17)10-11-1-3-14(27)4-2-11/h5-9,11,14,27H,1-4,10H2,(H,22,24)(H,23,25,28). The number of aromatic nitrogens is 5.